The van der Waals surface area contributed by atoms with E-state index in [0.29, 0.717) is 5.92 Å². The Labute approximate surface area is 99.9 Å². The summed E-state index contributed by atoms with van der Waals surface area (Å²) in [5.74, 6) is 0.553. The molecule has 1 aromatic carbocycles. The van der Waals surface area contributed by atoms with Crippen LogP contribution in [0.3, 0.4) is 0 Å². The van der Waals surface area contributed by atoms with Crippen molar-refractivity contribution in [2.45, 2.75) is 26.2 Å². The van der Waals surface area contributed by atoms with Gasteiger partial charge in [0.05, 0.1) is 0 Å². The molecule has 0 saturated carbocycles. The topological polar surface area (TPSA) is 0 Å². The van der Waals surface area contributed by atoms with E-state index >= 15 is 0 Å². The molecule has 0 fully saturated rings. The minimum atomic E-state index is 0.553. The van der Waals surface area contributed by atoms with Crippen LogP contribution < -0.4 is 0 Å². The molecule has 0 saturated heterocycles. The minimum absolute atomic E-state index is 0.553. The van der Waals surface area contributed by atoms with Crippen molar-refractivity contribution >= 4 is 22.6 Å². The molecule has 1 atom stereocenters. The van der Waals surface area contributed by atoms with Crippen LogP contribution in [-0.2, 0) is 0 Å². The molecule has 1 aromatic rings. The fourth-order valence-electron chi connectivity index (χ4n) is 1.52. The number of hydrogen-bond acceptors (Lipinski definition) is 0. The molecule has 0 unspecified atom stereocenters. The van der Waals surface area contributed by atoms with Crippen LogP contribution in [0.15, 0.2) is 42.1 Å². The molecule has 0 heterocycles. The molecule has 0 amide bonds. The molecule has 0 N–H and O–H groups in total. The minimum Gasteiger partial charge on any atom is -0.130 e. The number of hydrogen-bond donors (Lipinski definition) is 0. The lowest BCUT2D eigenvalue weighted by Gasteiger charge is -2.12. The summed E-state index contributed by atoms with van der Waals surface area (Å²) in [6, 6.07) is 8.53. The van der Waals surface area contributed by atoms with E-state index in [-0.39, 0.29) is 0 Å². The van der Waals surface area contributed by atoms with Gasteiger partial charge in [-0.15, -0.1) is 5.73 Å². The number of benzene rings is 1. The molecular weight excluding hydrogens is 283 g/mol. The van der Waals surface area contributed by atoms with Crippen molar-refractivity contribution in [1.82, 2.24) is 0 Å². The van der Waals surface area contributed by atoms with Gasteiger partial charge in [0.1, 0.15) is 0 Å². The second-order valence-corrected chi connectivity index (χ2v) is 4.75. The highest BCUT2D eigenvalue weighted by atomic mass is 127. The Morgan fingerprint density at radius 3 is 2.71 bits per heavy atom. The first kappa shape index (κ1) is 11.5. The maximum absolute atomic E-state index is 3.67. The Balaban J connectivity index is 2.84. The van der Waals surface area contributed by atoms with E-state index in [1.165, 1.54) is 14.7 Å². The molecular formula is C13H15I. The standard InChI is InChI=1S/C13H15I/c1-4-10(2)9-11(3)12-7-5-6-8-13(12)14/h5-8,11H,1,9H2,2-3H3/t11-/m1/s1. The fourth-order valence-corrected chi connectivity index (χ4v) is 2.44. The summed E-state index contributed by atoms with van der Waals surface area (Å²) in [5.41, 5.74) is 5.60. The zero-order chi connectivity index (χ0) is 10.6. The van der Waals surface area contributed by atoms with E-state index < -0.39 is 0 Å². The van der Waals surface area contributed by atoms with Crippen molar-refractivity contribution in [3.05, 3.63) is 51.3 Å². The Kier molecular flexibility index (Phi) is 4.43. The summed E-state index contributed by atoms with van der Waals surface area (Å²) in [6.07, 6.45) is 1.05. The second-order valence-electron chi connectivity index (χ2n) is 3.58. The van der Waals surface area contributed by atoms with Crippen molar-refractivity contribution in [2.75, 3.05) is 0 Å². The molecule has 0 nitrogen and oxygen atoms in total. The maximum Gasteiger partial charge on any atom is 0.0165 e. The molecule has 0 bridgehead atoms. The molecule has 1 rings (SSSR count). The molecule has 0 aliphatic carbocycles. The lowest BCUT2D eigenvalue weighted by Crippen LogP contribution is -1.96. The first-order valence-corrected chi connectivity index (χ1v) is 5.83. The van der Waals surface area contributed by atoms with Crippen LogP contribution in [0.25, 0.3) is 0 Å². The van der Waals surface area contributed by atoms with Crippen molar-refractivity contribution in [2.24, 2.45) is 0 Å². The Hall–Kier alpha value is -0.530. The summed E-state index contributed by atoms with van der Waals surface area (Å²) < 4.78 is 1.34. The summed E-state index contributed by atoms with van der Waals surface area (Å²) >= 11 is 2.39. The fraction of sp³-hybridized carbons (Fsp3) is 0.308. The van der Waals surface area contributed by atoms with Gasteiger partial charge in [0.25, 0.3) is 0 Å². The number of allylic oxidation sites excluding steroid dienone is 1. The van der Waals surface area contributed by atoms with Crippen LogP contribution in [0.1, 0.15) is 31.7 Å². The van der Waals surface area contributed by atoms with E-state index in [0.717, 1.165) is 6.42 Å². The molecule has 0 spiro atoms. The summed E-state index contributed by atoms with van der Waals surface area (Å²) in [4.78, 5) is 0. The third-order valence-electron chi connectivity index (χ3n) is 2.35. The van der Waals surface area contributed by atoms with Crippen LogP contribution in [-0.4, -0.2) is 0 Å². The lowest BCUT2D eigenvalue weighted by atomic mass is 9.95. The summed E-state index contributed by atoms with van der Waals surface area (Å²) in [5, 5.41) is 0. The van der Waals surface area contributed by atoms with Crippen LogP contribution in [0.5, 0.6) is 0 Å². The zero-order valence-corrected chi connectivity index (χ0v) is 10.8. The average Bonchev–Trinajstić information content (AvgIpc) is 2.18. The van der Waals surface area contributed by atoms with Crippen molar-refractivity contribution in [3.63, 3.8) is 0 Å². The Bertz CT molecular complexity index is 359. The van der Waals surface area contributed by atoms with Crippen molar-refractivity contribution in [1.29, 1.82) is 0 Å². The van der Waals surface area contributed by atoms with Crippen LogP contribution in [0.4, 0.5) is 0 Å². The third kappa shape index (κ3) is 3.00. The highest BCUT2D eigenvalue weighted by Crippen LogP contribution is 2.26. The maximum atomic E-state index is 3.67. The van der Waals surface area contributed by atoms with E-state index in [2.05, 4.69) is 73.0 Å². The molecule has 0 aromatic heterocycles. The van der Waals surface area contributed by atoms with Gasteiger partial charge >= 0.3 is 0 Å². The highest BCUT2D eigenvalue weighted by Gasteiger charge is 2.08. The van der Waals surface area contributed by atoms with Gasteiger partial charge < -0.3 is 0 Å². The van der Waals surface area contributed by atoms with E-state index in [1.807, 2.05) is 0 Å². The largest absolute Gasteiger partial charge is 0.130 e. The number of rotatable bonds is 3. The van der Waals surface area contributed by atoms with Crippen LogP contribution >= 0.6 is 22.6 Å². The van der Waals surface area contributed by atoms with Gasteiger partial charge in [-0.1, -0.05) is 31.7 Å². The van der Waals surface area contributed by atoms with Gasteiger partial charge in [-0.3, -0.25) is 0 Å². The van der Waals surface area contributed by atoms with Gasteiger partial charge in [0.15, 0.2) is 0 Å². The quantitative estimate of drug-likeness (QED) is 0.568. The third-order valence-corrected chi connectivity index (χ3v) is 3.33. The lowest BCUT2D eigenvalue weighted by molar-refractivity contribution is 0.748. The molecule has 74 valence electrons. The monoisotopic (exact) mass is 298 g/mol. The summed E-state index contributed by atoms with van der Waals surface area (Å²) in [6.45, 7) is 8.00. The highest BCUT2D eigenvalue weighted by molar-refractivity contribution is 14.1. The Morgan fingerprint density at radius 2 is 2.14 bits per heavy atom. The van der Waals surface area contributed by atoms with Crippen molar-refractivity contribution < 1.29 is 0 Å². The van der Waals surface area contributed by atoms with E-state index in [9.17, 15) is 0 Å². The normalized spacial score (nSPS) is 11.9. The summed E-state index contributed by atoms with van der Waals surface area (Å²) in [7, 11) is 0. The predicted octanol–water partition coefficient (Wildman–Crippen LogP) is 4.52. The van der Waals surface area contributed by atoms with E-state index in [1.54, 1.807) is 0 Å². The van der Waals surface area contributed by atoms with Gasteiger partial charge in [-0.05, 0) is 59.1 Å². The second kappa shape index (κ2) is 5.38. The smallest absolute Gasteiger partial charge is 0.0165 e. The molecule has 0 aliphatic rings. The van der Waals surface area contributed by atoms with Gasteiger partial charge in [-0.25, -0.2) is 0 Å². The first-order valence-electron chi connectivity index (χ1n) is 4.75. The predicted molar refractivity (Wildman–Crippen MR) is 70.5 cm³/mol. The number of halogens is 1. The Morgan fingerprint density at radius 1 is 1.50 bits per heavy atom. The van der Waals surface area contributed by atoms with Gasteiger partial charge in [0.2, 0.25) is 0 Å². The average molecular weight is 298 g/mol. The SMILES string of the molecule is C=C=C(C)C[C@@H](C)c1ccccc1I. The first-order chi connectivity index (χ1) is 6.65. The zero-order valence-electron chi connectivity index (χ0n) is 8.68. The molecule has 1 heteroatoms. The molecule has 0 aliphatic heterocycles. The van der Waals surface area contributed by atoms with E-state index in [4.69, 9.17) is 0 Å². The van der Waals surface area contributed by atoms with Crippen molar-refractivity contribution in [3.8, 4) is 0 Å². The van der Waals surface area contributed by atoms with Gasteiger partial charge in [0, 0.05) is 3.57 Å². The van der Waals surface area contributed by atoms with Gasteiger partial charge in [-0.2, -0.15) is 0 Å². The van der Waals surface area contributed by atoms with Crippen LogP contribution in [0.2, 0.25) is 0 Å². The molecule has 14 heavy (non-hydrogen) atoms. The van der Waals surface area contributed by atoms with Crippen LogP contribution in [0, 0.1) is 3.57 Å². The molecule has 0 radical (unpaired) electrons.